The number of amides is 1. The number of piperidine rings is 1. The van der Waals surface area contributed by atoms with Crippen LogP contribution in [-0.4, -0.2) is 37.0 Å². The van der Waals surface area contributed by atoms with Crippen LogP contribution in [0.3, 0.4) is 0 Å². The number of carbonyl (C=O) groups excluding carboxylic acids is 1. The topological polar surface area (TPSA) is 32.3 Å². The molecule has 1 amide bonds. The van der Waals surface area contributed by atoms with Crippen molar-refractivity contribution in [2.24, 2.45) is 5.92 Å². The van der Waals surface area contributed by atoms with Crippen molar-refractivity contribution in [3.8, 4) is 0 Å². The SMILES string of the molecule is CCC(CC)N(C)C(=O)[C@H]1CCCNC1. The Morgan fingerprint density at radius 1 is 1.47 bits per heavy atom. The van der Waals surface area contributed by atoms with E-state index in [1.165, 1.54) is 0 Å². The molecule has 0 spiro atoms. The van der Waals surface area contributed by atoms with Crippen LogP contribution in [0, 0.1) is 5.92 Å². The maximum absolute atomic E-state index is 12.1. The van der Waals surface area contributed by atoms with Crippen molar-refractivity contribution in [2.45, 2.75) is 45.6 Å². The van der Waals surface area contributed by atoms with Crippen molar-refractivity contribution in [2.75, 3.05) is 20.1 Å². The van der Waals surface area contributed by atoms with Gasteiger partial charge in [-0.15, -0.1) is 0 Å². The van der Waals surface area contributed by atoms with E-state index in [2.05, 4.69) is 19.2 Å². The Hall–Kier alpha value is -0.570. The summed E-state index contributed by atoms with van der Waals surface area (Å²) in [6.07, 6.45) is 4.29. The summed E-state index contributed by atoms with van der Waals surface area (Å²) in [5.74, 6) is 0.542. The van der Waals surface area contributed by atoms with E-state index in [-0.39, 0.29) is 5.92 Å². The standard InChI is InChI=1S/C12H24N2O/c1-4-11(5-2)14(3)12(15)10-7-6-8-13-9-10/h10-11,13H,4-9H2,1-3H3/t10-/m0/s1. The average Bonchev–Trinajstić information content (AvgIpc) is 2.30. The minimum atomic E-state index is 0.212. The first kappa shape index (κ1) is 12.5. The van der Waals surface area contributed by atoms with Crippen LogP contribution in [0.15, 0.2) is 0 Å². The molecule has 88 valence electrons. The number of nitrogens with zero attached hydrogens (tertiary/aromatic N) is 1. The predicted octanol–water partition coefficient (Wildman–Crippen LogP) is 1.63. The lowest BCUT2D eigenvalue weighted by Gasteiger charge is -2.31. The van der Waals surface area contributed by atoms with Crippen LogP contribution in [0.1, 0.15) is 39.5 Å². The normalized spacial score (nSPS) is 21.7. The highest BCUT2D eigenvalue weighted by Crippen LogP contribution is 2.16. The Kier molecular flexibility index (Phi) is 5.09. The van der Waals surface area contributed by atoms with Gasteiger partial charge in [-0.05, 0) is 32.2 Å². The zero-order valence-corrected chi connectivity index (χ0v) is 10.3. The van der Waals surface area contributed by atoms with E-state index in [1.807, 2.05) is 11.9 Å². The summed E-state index contributed by atoms with van der Waals surface area (Å²) in [5.41, 5.74) is 0. The average molecular weight is 212 g/mol. The van der Waals surface area contributed by atoms with Gasteiger partial charge < -0.3 is 10.2 Å². The summed E-state index contributed by atoms with van der Waals surface area (Å²) in [6, 6.07) is 0.416. The van der Waals surface area contributed by atoms with Crippen molar-refractivity contribution >= 4 is 5.91 Å². The molecule has 15 heavy (non-hydrogen) atoms. The largest absolute Gasteiger partial charge is 0.343 e. The molecule has 1 atom stereocenters. The lowest BCUT2D eigenvalue weighted by Crippen LogP contribution is -2.45. The van der Waals surface area contributed by atoms with E-state index < -0.39 is 0 Å². The maximum Gasteiger partial charge on any atom is 0.226 e. The number of nitrogens with one attached hydrogen (secondary N) is 1. The summed E-state index contributed by atoms with van der Waals surface area (Å²) in [5, 5.41) is 3.30. The first-order chi connectivity index (χ1) is 7.20. The maximum atomic E-state index is 12.1. The van der Waals surface area contributed by atoms with Crippen molar-refractivity contribution in [1.29, 1.82) is 0 Å². The summed E-state index contributed by atoms with van der Waals surface area (Å²) in [7, 11) is 1.95. The molecule has 0 aromatic carbocycles. The molecule has 3 heteroatoms. The Balaban J connectivity index is 2.49. The fourth-order valence-corrected chi connectivity index (χ4v) is 2.37. The Morgan fingerprint density at radius 3 is 2.60 bits per heavy atom. The molecule has 0 saturated carbocycles. The van der Waals surface area contributed by atoms with Crippen LogP contribution in [0.4, 0.5) is 0 Å². The molecule has 1 heterocycles. The zero-order valence-electron chi connectivity index (χ0n) is 10.3. The van der Waals surface area contributed by atoms with Crippen LogP contribution in [0.25, 0.3) is 0 Å². The summed E-state index contributed by atoms with van der Waals surface area (Å²) >= 11 is 0. The minimum Gasteiger partial charge on any atom is -0.343 e. The van der Waals surface area contributed by atoms with Gasteiger partial charge in [0.15, 0.2) is 0 Å². The van der Waals surface area contributed by atoms with Crippen molar-refractivity contribution < 1.29 is 4.79 Å². The quantitative estimate of drug-likeness (QED) is 0.768. The number of hydrogen-bond acceptors (Lipinski definition) is 2. The van der Waals surface area contributed by atoms with Crippen LogP contribution >= 0.6 is 0 Å². The number of hydrogen-bond donors (Lipinski definition) is 1. The smallest absolute Gasteiger partial charge is 0.226 e. The molecule has 1 aliphatic rings. The van der Waals surface area contributed by atoms with Gasteiger partial charge in [0, 0.05) is 19.6 Å². The third-order valence-corrected chi connectivity index (χ3v) is 3.48. The third kappa shape index (κ3) is 3.20. The van der Waals surface area contributed by atoms with Gasteiger partial charge in [-0.2, -0.15) is 0 Å². The van der Waals surface area contributed by atoms with Crippen molar-refractivity contribution in [3.63, 3.8) is 0 Å². The lowest BCUT2D eigenvalue weighted by atomic mass is 9.97. The highest BCUT2D eigenvalue weighted by Gasteiger charge is 2.26. The van der Waals surface area contributed by atoms with Crippen molar-refractivity contribution in [3.05, 3.63) is 0 Å². The molecular weight excluding hydrogens is 188 g/mol. The highest BCUT2D eigenvalue weighted by atomic mass is 16.2. The Bertz CT molecular complexity index is 196. The second-order valence-corrected chi connectivity index (χ2v) is 4.46. The van der Waals surface area contributed by atoms with Gasteiger partial charge in [0.25, 0.3) is 0 Å². The summed E-state index contributed by atoms with van der Waals surface area (Å²) in [4.78, 5) is 14.1. The van der Waals surface area contributed by atoms with Gasteiger partial charge in [-0.3, -0.25) is 4.79 Å². The predicted molar refractivity (Wildman–Crippen MR) is 62.7 cm³/mol. The molecular formula is C12H24N2O. The molecule has 0 aromatic heterocycles. The van der Waals surface area contributed by atoms with E-state index in [0.717, 1.165) is 38.8 Å². The van der Waals surface area contributed by atoms with Gasteiger partial charge >= 0.3 is 0 Å². The third-order valence-electron chi connectivity index (χ3n) is 3.48. The van der Waals surface area contributed by atoms with E-state index in [1.54, 1.807) is 0 Å². The van der Waals surface area contributed by atoms with Crippen molar-refractivity contribution in [1.82, 2.24) is 10.2 Å². The van der Waals surface area contributed by atoms with Crippen LogP contribution < -0.4 is 5.32 Å². The molecule has 1 N–H and O–H groups in total. The molecule has 1 rings (SSSR count). The van der Waals surface area contributed by atoms with Gasteiger partial charge in [-0.1, -0.05) is 13.8 Å². The number of carbonyl (C=O) groups is 1. The summed E-state index contributed by atoms with van der Waals surface area (Å²) < 4.78 is 0. The second-order valence-electron chi connectivity index (χ2n) is 4.46. The van der Waals surface area contributed by atoms with E-state index in [4.69, 9.17) is 0 Å². The first-order valence-corrected chi connectivity index (χ1v) is 6.18. The lowest BCUT2D eigenvalue weighted by molar-refractivity contribution is -0.137. The Labute approximate surface area is 93.2 Å². The van der Waals surface area contributed by atoms with Gasteiger partial charge in [0.1, 0.15) is 0 Å². The number of rotatable bonds is 4. The molecule has 0 unspecified atom stereocenters. The van der Waals surface area contributed by atoms with Crippen LogP contribution in [0.2, 0.25) is 0 Å². The van der Waals surface area contributed by atoms with E-state index in [9.17, 15) is 4.79 Å². The fraction of sp³-hybridized carbons (Fsp3) is 0.917. The first-order valence-electron chi connectivity index (χ1n) is 6.18. The minimum absolute atomic E-state index is 0.212. The van der Waals surface area contributed by atoms with Gasteiger partial charge in [0.2, 0.25) is 5.91 Å². The molecule has 0 bridgehead atoms. The molecule has 0 aliphatic carbocycles. The van der Waals surface area contributed by atoms with Gasteiger partial charge in [-0.25, -0.2) is 0 Å². The molecule has 1 saturated heterocycles. The second kappa shape index (κ2) is 6.11. The molecule has 0 aromatic rings. The Morgan fingerprint density at radius 2 is 2.13 bits per heavy atom. The molecule has 0 radical (unpaired) electrons. The van der Waals surface area contributed by atoms with Crippen LogP contribution in [-0.2, 0) is 4.79 Å². The van der Waals surface area contributed by atoms with Gasteiger partial charge in [0.05, 0.1) is 5.92 Å². The summed E-state index contributed by atoms with van der Waals surface area (Å²) in [6.45, 7) is 6.23. The molecule has 1 fully saturated rings. The highest BCUT2D eigenvalue weighted by molar-refractivity contribution is 5.79. The zero-order chi connectivity index (χ0) is 11.3. The van der Waals surface area contributed by atoms with Crippen LogP contribution in [0.5, 0.6) is 0 Å². The molecule has 1 aliphatic heterocycles. The fourth-order valence-electron chi connectivity index (χ4n) is 2.37. The molecule has 3 nitrogen and oxygen atoms in total. The van der Waals surface area contributed by atoms with E-state index in [0.29, 0.717) is 11.9 Å². The van der Waals surface area contributed by atoms with E-state index >= 15 is 0 Å². The monoisotopic (exact) mass is 212 g/mol.